The predicted molar refractivity (Wildman–Crippen MR) is 73.3 cm³/mol. The van der Waals surface area contributed by atoms with Crippen molar-refractivity contribution in [2.24, 2.45) is 0 Å². The molecular weight excluding hydrogens is 230 g/mol. The first-order chi connectivity index (χ1) is 8.16. The van der Waals surface area contributed by atoms with Crippen LogP contribution in [-0.2, 0) is 0 Å². The van der Waals surface area contributed by atoms with Crippen molar-refractivity contribution in [3.63, 3.8) is 0 Å². The number of H-pyrrole nitrogens is 1. The van der Waals surface area contributed by atoms with Gasteiger partial charge in [0, 0.05) is 22.2 Å². The topological polar surface area (TPSA) is 54.7 Å². The average molecular weight is 243 g/mol. The zero-order chi connectivity index (χ0) is 12.0. The number of aromatic nitrogens is 2. The molecule has 0 amide bonds. The van der Waals surface area contributed by atoms with Gasteiger partial charge in [0.25, 0.3) is 0 Å². The van der Waals surface area contributed by atoms with Gasteiger partial charge in [0.15, 0.2) is 0 Å². The Labute approximate surface area is 103 Å². The minimum atomic E-state index is 0.796. The SMILES string of the molecule is Cc1nc(-c2c(C)[nH]c3ccccc23)sc1N. The van der Waals surface area contributed by atoms with E-state index in [1.807, 2.05) is 19.1 Å². The van der Waals surface area contributed by atoms with Crippen molar-refractivity contribution in [2.45, 2.75) is 13.8 Å². The van der Waals surface area contributed by atoms with Gasteiger partial charge in [-0.05, 0) is 19.9 Å². The highest BCUT2D eigenvalue weighted by molar-refractivity contribution is 7.19. The molecule has 4 heteroatoms. The number of nitrogen functional groups attached to an aromatic ring is 1. The number of hydrogen-bond acceptors (Lipinski definition) is 3. The number of rotatable bonds is 1. The van der Waals surface area contributed by atoms with Crippen LogP contribution in [0.25, 0.3) is 21.5 Å². The van der Waals surface area contributed by atoms with Crippen LogP contribution in [0.15, 0.2) is 24.3 Å². The summed E-state index contributed by atoms with van der Waals surface area (Å²) in [5.41, 5.74) is 10.3. The molecule has 2 heterocycles. The van der Waals surface area contributed by atoms with Crippen molar-refractivity contribution >= 4 is 27.2 Å². The summed E-state index contributed by atoms with van der Waals surface area (Å²) in [5, 5.41) is 3.00. The maximum atomic E-state index is 5.89. The van der Waals surface area contributed by atoms with Gasteiger partial charge in [-0.15, -0.1) is 0 Å². The molecule has 3 N–H and O–H groups in total. The number of para-hydroxylation sites is 1. The molecule has 0 saturated heterocycles. The van der Waals surface area contributed by atoms with Crippen LogP contribution >= 0.6 is 11.3 Å². The van der Waals surface area contributed by atoms with E-state index in [1.54, 1.807) is 11.3 Å². The summed E-state index contributed by atoms with van der Waals surface area (Å²) >= 11 is 1.55. The van der Waals surface area contributed by atoms with Gasteiger partial charge in [0.2, 0.25) is 0 Å². The summed E-state index contributed by atoms with van der Waals surface area (Å²) in [4.78, 5) is 7.92. The van der Waals surface area contributed by atoms with Gasteiger partial charge in [0.1, 0.15) is 10.0 Å². The molecule has 0 saturated carbocycles. The molecule has 0 bridgehead atoms. The molecule has 3 nitrogen and oxygen atoms in total. The van der Waals surface area contributed by atoms with E-state index in [0.717, 1.165) is 26.9 Å². The van der Waals surface area contributed by atoms with Gasteiger partial charge in [-0.2, -0.15) is 0 Å². The lowest BCUT2D eigenvalue weighted by atomic mass is 10.1. The summed E-state index contributed by atoms with van der Waals surface area (Å²) in [6.45, 7) is 4.02. The molecule has 0 radical (unpaired) electrons. The van der Waals surface area contributed by atoms with E-state index in [1.165, 1.54) is 10.9 Å². The molecule has 0 unspecified atom stereocenters. The number of thiazole rings is 1. The van der Waals surface area contributed by atoms with E-state index in [9.17, 15) is 0 Å². The maximum absolute atomic E-state index is 5.89. The fourth-order valence-electron chi connectivity index (χ4n) is 2.07. The number of aryl methyl sites for hydroxylation is 2. The highest BCUT2D eigenvalue weighted by Crippen LogP contribution is 2.36. The minimum absolute atomic E-state index is 0.796. The molecule has 1 aromatic carbocycles. The van der Waals surface area contributed by atoms with Crippen LogP contribution in [-0.4, -0.2) is 9.97 Å². The largest absolute Gasteiger partial charge is 0.389 e. The highest BCUT2D eigenvalue weighted by atomic mass is 32.1. The summed E-state index contributed by atoms with van der Waals surface area (Å²) < 4.78 is 0. The summed E-state index contributed by atoms with van der Waals surface area (Å²) in [5.74, 6) is 0. The van der Waals surface area contributed by atoms with Crippen molar-refractivity contribution in [1.82, 2.24) is 9.97 Å². The second-order valence-electron chi connectivity index (χ2n) is 4.14. The lowest BCUT2D eigenvalue weighted by Gasteiger charge is -1.95. The Kier molecular flexibility index (Phi) is 2.19. The van der Waals surface area contributed by atoms with Crippen LogP contribution < -0.4 is 5.73 Å². The second kappa shape index (κ2) is 3.60. The zero-order valence-electron chi connectivity index (χ0n) is 9.74. The highest BCUT2D eigenvalue weighted by Gasteiger charge is 2.14. The van der Waals surface area contributed by atoms with Gasteiger partial charge in [-0.25, -0.2) is 4.98 Å². The molecule has 3 rings (SSSR count). The third-order valence-corrected chi connectivity index (χ3v) is 3.94. The number of hydrogen-bond donors (Lipinski definition) is 2. The van der Waals surface area contributed by atoms with E-state index in [4.69, 9.17) is 5.73 Å². The number of fused-ring (bicyclic) bond motifs is 1. The quantitative estimate of drug-likeness (QED) is 0.687. The predicted octanol–water partition coefficient (Wildman–Crippen LogP) is 3.49. The fourth-order valence-corrected chi connectivity index (χ4v) is 3.02. The first kappa shape index (κ1) is 10.4. The fraction of sp³-hybridized carbons (Fsp3) is 0.154. The van der Waals surface area contributed by atoms with Gasteiger partial charge in [-0.1, -0.05) is 29.5 Å². The van der Waals surface area contributed by atoms with E-state index in [2.05, 4.69) is 29.0 Å². The Hall–Kier alpha value is -1.81. The molecule has 0 aliphatic heterocycles. The Balaban J connectivity index is 2.33. The molecule has 3 aromatic rings. The zero-order valence-corrected chi connectivity index (χ0v) is 10.6. The number of nitrogens with zero attached hydrogens (tertiary/aromatic N) is 1. The smallest absolute Gasteiger partial charge is 0.128 e. The summed E-state index contributed by atoms with van der Waals surface area (Å²) in [6, 6.07) is 8.27. The number of nitrogens with one attached hydrogen (secondary N) is 1. The lowest BCUT2D eigenvalue weighted by molar-refractivity contribution is 1.25. The lowest BCUT2D eigenvalue weighted by Crippen LogP contribution is -1.82. The van der Waals surface area contributed by atoms with Crippen molar-refractivity contribution in [1.29, 1.82) is 0 Å². The first-order valence-corrected chi connectivity index (χ1v) is 6.29. The molecule has 0 fully saturated rings. The van der Waals surface area contributed by atoms with Crippen LogP contribution in [0.3, 0.4) is 0 Å². The third-order valence-electron chi connectivity index (χ3n) is 2.94. The summed E-state index contributed by atoms with van der Waals surface area (Å²) in [7, 11) is 0. The van der Waals surface area contributed by atoms with Crippen molar-refractivity contribution < 1.29 is 0 Å². The van der Waals surface area contributed by atoms with Crippen molar-refractivity contribution in [3.8, 4) is 10.6 Å². The molecule has 0 aliphatic rings. The van der Waals surface area contributed by atoms with Crippen molar-refractivity contribution in [2.75, 3.05) is 5.73 Å². The number of benzene rings is 1. The van der Waals surface area contributed by atoms with Gasteiger partial charge >= 0.3 is 0 Å². The second-order valence-corrected chi connectivity index (χ2v) is 5.17. The minimum Gasteiger partial charge on any atom is -0.389 e. The van der Waals surface area contributed by atoms with E-state index in [-0.39, 0.29) is 0 Å². The van der Waals surface area contributed by atoms with Crippen LogP contribution in [0, 0.1) is 13.8 Å². The Morgan fingerprint density at radius 3 is 2.71 bits per heavy atom. The van der Waals surface area contributed by atoms with E-state index >= 15 is 0 Å². The molecular formula is C13H13N3S. The number of aromatic amines is 1. The molecule has 0 aliphatic carbocycles. The Morgan fingerprint density at radius 1 is 1.24 bits per heavy atom. The Morgan fingerprint density at radius 2 is 2.00 bits per heavy atom. The van der Waals surface area contributed by atoms with Gasteiger partial charge < -0.3 is 10.7 Å². The molecule has 86 valence electrons. The van der Waals surface area contributed by atoms with Crippen LogP contribution in [0.1, 0.15) is 11.4 Å². The van der Waals surface area contributed by atoms with Gasteiger partial charge in [0.05, 0.1) is 5.69 Å². The monoisotopic (exact) mass is 243 g/mol. The van der Waals surface area contributed by atoms with Crippen LogP contribution in [0.4, 0.5) is 5.00 Å². The maximum Gasteiger partial charge on any atom is 0.128 e. The molecule has 0 atom stereocenters. The summed E-state index contributed by atoms with van der Waals surface area (Å²) in [6.07, 6.45) is 0. The standard InChI is InChI=1S/C13H13N3S/c1-7-11(13-16-8(2)12(14)17-13)9-5-3-4-6-10(9)15-7/h3-6,15H,14H2,1-2H3. The van der Waals surface area contributed by atoms with E-state index < -0.39 is 0 Å². The molecule has 17 heavy (non-hydrogen) atoms. The van der Waals surface area contributed by atoms with E-state index in [0.29, 0.717) is 0 Å². The van der Waals surface area contributed by atoms with Crippen LogP contribution in [0.5, 0.6) is 0 Å². The molecule has 2 aromatic heterocycles. The Bertz CT molecular complexity index is 674. The van der Waals surface area contributed by atoms with Gasteiger partial charge in [-0.3, -0.25) is 0 Å². The molecule has 0 spiro atoms. The third kappa shape index (κ3) is 1.52. The average Bonchev–Trinajstić information content (AvgIpc) is 2.78. The van der Waals surface area contributed by atoms with Crippen LogP contribution in [0.2, 0.25) is 0 Å². The number of anilines is 1. The first-order valence-electron chi connectivity index (χ1n) is 5.47. The number of nitrogens with two attached hydrogens (primary N) is 1. The van der Waals surface area contributed by atoms with Crippen molar-refractivity contribution in [3.05, 3.63) is 35.7 Å². The normalized spacial score (nSPS) is 11.2.